The fourth-order valence-corrected chi connectivity index (χ4v) is 5.01. The van der Waals surface area contributed by atoms with Crippen LogP contribution in [0.15, 0.2) is 58.4 Å². The highest BCUT2D eigenvalue weighted by Gasteiger charge is 2.13. The Hall–Kier alpha value is -2.49. The summed E-state index contributed by atoms with van der Waals surface area (Å²) in [5.41, 5.74) is 1.74. The van der Waals surface area contributed by atoms with Crippen molar-refractivity contribution in [3.8, 4) is 10.7 Å². The van der Waals surface area contributed by atoms with E-state index in [1.54, 1.807) is 23.1 Å². The van der Waals surface area contributed by atoms with Crippen molar-refractivity contribution in [1.82, 2.24) is 19.7 Å². The van der Waals surface area contributed by atoms with E-state index in [1.165, 1.54) is 11.3 Å². The smallest absolute Gasteiger partial charge is 0.231 e. The minimum absolute atomic E-state index is 0.0614. The van der Waals surface area contributed by atoms with E-state index in [9.17, 15) is 4.79 Å². The van der Waals surface area contributed by atoms with E-state index in [0.29, 0.717) is 5.75 Å². The van der Waals surface area contributed by atoms with Gasteiger partial charge < -0.3 is 9.88 Å². The summed E-state index contributed by atoms with van der Waals surface area (Å²) in [6.45, 7) is 0. The largest absolute Gasteiger partial charge is 0.326 e. The predicted octanol–water partition coefficient (Wildman–Crippen LogP) is 4.47. The number of thioether (sulfide) groups is 1. The highest BCUT2D eigenvalue weighted by atomic mass is 32.2. The molecule has 6 nitrogen and oxygen atoms in total. The van der Waals surface area contributed by atoms with Gasteiger partial charge in [-0.3, -0.25) is 4.79 Å². The lowest BCUT2D eigenvalue weighted by Crippen LogP contribution is -2.14. The second-order valence-electron chi connectivity index (χ2n) is 5.95. The van der Waals surface area contributed by atoms with Crippen molar-refractivity contribution >= 4 is 46.0 Å². The molecule has 0 radical (unpaired) electrons. The van der Waals surface area contributed by atoms with Gasteiger partial charge >= 0.3 is 0 Å². The molecule has 9 heteroatoms. The molecule has 4 rings (SSSR count). The Morgan fingerprint density at radius 2 is 2.00 bits per heavy atom. The Balaban J connectivity index is 1.33. The number of rotatable bonds is 7. The van der Waals surface area contributed by atoms with Crippen LogP contribution in [-0.4, -0.2) is 25.7 Å². The molecule has 28 heavy (non-hydrogen) atoms. The average Bonchev–Trinajstić information content (AvgIpc) is 3.43. The number of anilines is 1. The summed E-state index contributed by atoms with van der Waals surface area (Å²) in [6, 6.07) is 13.5. The zero-order valence-corrected chi connectivity index (χ0v) is 17.5. The van der Waals surface area contributed by atoms with Crippen molar-refractivity contribution in [1.29, 1.82) is 0 Å². The van der Waals surface area contributed by atoms with E-state index in [-0.39, 0.29) is 12.3 Å². The number of para-hydroxylation sites is 1. The fourth-order valence-electron chi connectivity index (χ4n) is 2.56. The van der Waals surface area contributed by atoms with Crippen LogP contribution in [0.25, 0.3) is 10.7 Å². The number of hydrogen-bond acceptors (Lipinski definition) is 7. The number of thiazole rings is 1. The van der Waals surface area contributed by atoms with Crippen LogP contribution in [0.3, 0.4) is 0 Å². The molecular formula is C19H17N5OS3. The van der Waals surface area contributed by atoms with Crippen molar-refractivity contribution in [3.63, 3.8) is 0 Å². The molecule has 0 aliphatic carbocycles. The number of benzene rings is 1. The van der Waals surface area contributed by atoms with Gasteiger partial charge in [0.1, 0.15) is 5.01 Å². The molecule has 1 amide bonds. The van der Waals surface area contributed by atoms with E-state index in [0.717, 1.165) is 32.2 Å². The zero-order valence-electron chi connectivity index (χ0n) is 15.0. The van der Waals surface area contributed by atoms with Gasteiger partial charge in [-0.15, -0.1) is 32.9 Å². The molecule has 0 saturated heterocycles. The van der Waals surface area contributed by atoms with Crippen molar-refractivity contribution in [2.45, 2.75) is 17.3 Å². The number of nitrogens with one attached hydrogen (secondary N) is 1. The highest BCUT2D eigenvalue weighted by molar-refractivity contribution is 7.98. The standard InChI is InChI=1S/C19H17N5OS3/c1-24-18(15-8-5-9-26-15)22-23-19(24)28-12-14-11-27-17(21-14)10-16(25)20-13-6-3-2-4-7-13/h2-9,11H,10,12H2,1H3,(H,20,25). The van der Waals surface area contributed by atoms with E-state index >= 15 is 0 Å². The minimum Gasteiger partial charge on any atom is -0.326 e. The number of hydrogen-bond donors (Lipinski definition) is 1. The molecule has 0 bridgehead atoms. The number of carbonyl (C=O) groups excluding carboxylic acids is 1. The first-order chi connectivity index (χ1) is 13.7. The first-order valence-electron chi connectivity index (χ1n) is 8.53. The Morgan fingerprint density at radius 1 is 1.14 bits per heavy atom. The molecule has 0 unspecified atom stereocenters. The molecule has 0 spiro atoms. The molecule has 0 aliphatic rings. The number of carbonyl (C=O) groups is 1. The maximum Gasteiger partial charge on any atom is 0.231 e. The molecule has 1 N–H and O–H groups in total. The van der Waals surface area contributed by atoms with Gasteiger partial charge in [0, 0.05) is 23.9 Å². The Kier molecular flexibility index (Phi) is 5.84. The van der Waals surface area contributed by atoms with E-state index in [4.69, 9.17) is 0 Å². The second-order valence-corrected chi connectivity index (χ2v) is 8.79. The molecule has 142 valence electrons. The lowest BCUT2D eigenvalue weighted by Gasteiger charge is -2.03. The lowest BCUT2D eigenvalue weighted by molar-refractivity contribution is -0.115. The van der Waals surface area contributed by atoms with Crippen LogP contribution in [0, 0.1) is 0 Å². The molecule has 0 fully saturated rings. The third-order valence-corrected chi connectivity index (χ3v) is 6.71. The van der Waals surface area contributed by atoms with Crippen molar-refractivity contribution < 1.29 is 4.79 Å². The molecule has 0 aliphatic heterocycles. The Morgan fingerprint density at radius 3 is 2.79 bits per heavy atom. The Labute approximate surface area is 174 Å². The molecule has 0 atom stereocenters. The number of amides is 1. The van der Waals surface area contributed by atoms with Crippen LogP contribution in [0.5, 0.6) is 0 Å². The van der Waals surface area contributed by atoms with E-state index in [2.05, 4.69) is 20.5 Å². The molecule has 3 heterocycles. The molecule has 0 saturated carbocycles. The number of nitrogens with zero attached hydrogens (tertiary/aromatic N) is 4. The third kappa shape index (κ3) is 4.49. The first kappa shape index (κ1) is 18.9. The lowest BCUT2D eigenvalue weighted by atomic mass is 10.3. The van der Waals surface area contributed by atoms with Crippen LogP contribution in [0.4, 0.5) is 5.69 Å². The summed E-state index contributed by atoms with van der Waals surface area (Å²) < 4.78 is 2.00. The SMILES string of the molecule is Cn1c(SCc2csc(CC(=O)Nc3ccccc3)n2)nnc1-c1cccs1. The summed E-state index contributed by atoms with van der Waals surface area (Å²) >= 11 is 4.74. The van der Waals surface area contributed by atoms with Crippen molar-refractivity contribution in [2.75, 3.05) is 5.32 Å². The number of aromatic nitrogens is 4. The highest BCUT2D eigenvalue weighted by Crippen LogP contribution is 2.28. The predicted molar refractivity (Wildman–Crippen MR) is 115 cm³/mol. The van der Waals surface area contributed by atoms with Crippen molar-refractivity contribution in [2.24, 2.45) is 7.05 Å². The molecule has 4 aromatic rings. The van der Waals surface area contributed by atoms with Crippen LogP contribution in [0.2, 0.25) is 0 Å². The normalized spacial score (nSPS) is 10.9. The van der Waals surface area contributed by atoms with Gasteiger partial charge in [-0.2, -0.15) is 0 Å². The van der Waals surface area contributed by atoms with Gasteiger partial charge in [-0.25, -0.2) is 4.98 Å². The summed E-state index contributed by atoms with van der Waals surface area (Å²) in [5.74, 6) is 1.50. The van der Waals surface area contributed by atoms with E-state index in [1.807, 2.05) is 64.8 Å². The topological polar surface area (TPSA) is 72.7 Å². The number of thiophene rings is 1. The van der Waals surface area contributed by atoms with E-state index < -0.39 is 0 Å². The van der Waals surface area contributed by atoms with Gasteiger partial charge in [-0.05, 0) is 23.6 Å². The quantitative estimate of drug-likeness (QED) is 0.441. The zero-order chi connectivity index (χ0) is 19.3. The van der Waals surface area contributed by atoms with Crippen LogP contribution in [-0.2, 0) is 24.0 Å². The molecule has 3 aromatic heterocycles. The van der Waals surface area contributed by atoms with Crippen molar-refractivity contribution in [3.05, 3.63) is 63.9 Å². The fraction of sp³-hybridized carbons (Fsp3) is 0.158. The summed E-state index contributed by atoms with van der Waals surface area (Å²) in [7, 11) is 1.97. The van der Waals surface area contributed by atoms with Gasteiger partial charge in [0.25, 0.3) is 0 Å². The van der Waals surface area contributed by atoms with Gasteiger partial charge in [0.15, 0.2) is 11.0 Å². The van der Waals surface area contributed by atoms with Gasteiger partial charge in [0.05, 0.1) is 17.0 Å². The maximum atomic E-state index is 12.2. The monoisotopic (exact) mass is 427 g/mol. The summed E-state index contributed by atoms with van der Waals surface area (Å²) in [4.78, 5) is 17.8. The summed E-state index contributed by atoms with van der Waals surface area (Å²) in [6.07, 6.45) is 0.275. The van der Waals surface area contributed by atoms with Gasteiger partial charge in [-0.1, -0.05) is 36.0 Å². The molecular weight excluding hydrogens is 410 g/mol. The summed E-state index contributed by atoms with van der Waals surface area (Å²) in [5, 5.41) is 17.1. The average molecular weight is 428 g/mol. The van der Waals surface area contributed by atoms with Crippen LogP contribution < -0.4 is 5.32 Å². The Bertz CT molecular complexity index is 1060. The van der Waals surface area contributed by atoms with Crippen LogP contribution >= 0.6 is 34.4 Å². The first-order valence-corrected chi connectivity index (χ1v) is 11.3. The van der Waals surface area contributed by atoms with Crippen LogP contribution in [0.1, 0.15) is 10.7 Å². The third-order valence-electron chi connectivity index (χ3n) is 3.89. The second kappa shape index (κ2) is 8.68. The maximum absolute atomic E-state index is 12.2. The van der Waals surface area contributed by atoms with Gasteiger partial charge in [0.2, 0.25) is 5.91 Å². The molecule has 1 aromatic carbocycles. The minimum atomic E-state index is -0.0614.